The summed E-state index contributed by atoms with van der Waals surface area (Å²) >= 11 is 0. The molecule has 0 N–H and O–H groups in total. The van der Waals surface area contributed by atoms with E-state index in [1.165, 1.54) is 37.2 Å². The SMILES string of the molecule is c1ccc(CN2C[C@H]3CC[C@@H](C2)N(Cc2ccc(-n4cccn4)cc2)C3)nc1. The summed E-state index contributed by atoms with van der Waals surface area (Å²) in [6.45, 7) is 5.57. The van der Waals surface area contributed by atoms with Gasteiger partial charge in [0.05, 0.1) is 11.4 Å². The van der Waals surface area contributed by atoms with Crippen LogP contribution in [0.1, 0.15) is 24.1 Å². The molecular formula is C23H27N5. The van der Waals surface area contributed by atoms with Crippen molar-refractivity contribution in [1.29, 1.82) is 0 Å². The molecular weight excluding hydrogens is 346 g/mol. The first-order valence-electron chi connectivity index (χ1n) is 10.3. The molecule has 5 heterocycles. The van der Waals surface area contributed by atoms with E-state index in [4.69, 9.17) is 0 Å². The van der Waals surface area contributed by atoms with Gasteiger partial charge >= 0.3 is 0 Å². The molecule has 2 atom stereocenters. The van der Waals surface area contributed by atoms with Gasteiger partial charge in [-0.1, -0.05) is 18.2 Å². The second-order valence-corrected chi connectivity index (χ2v) is 8.16. The summed E-state index contributed by atoms with van der Waals surface area (Å²) in [5.41, 5.74) is 3.69. The Morgan fingerprint density at radius 1 is 0.857 bits per heavy atom. The summed E-state index contributed by atoms with van der Waals surface area (Å²) < 4.78 is 1.91. The Labute approximate surface area is 166 Å². The van der Waals surface area contributed by atoms with Gasteiger partial charge in [-0.25, -0.2) is 4.68 Å². The number of aromatic nitrogens is 3. The summed E-state index contributed by atoms with van der Waals surface area (Å²) in [6.07, 6.45) is 8.38. The van der Waals surface area contributed by atoms with Crippen molar-refractivity contribution in [2.45, 2.75) is 32.0 Å². The lowest BCUT2D eigenvalue weighted by Gasteiger charge is -2.36. The molecule has 0 radical (unpaired) electrons. The zero-order valence-electron chi connectivity index (χ0n) is 16.2. The van der Waals surface area contributed by atoms with Crippen LogP contribution in [-0.2, 0) is 13.1 Å². The van der Waals surface area contributed by atoms with Gasteiger partial charge in [-0.05, 0) is 54.7 Å². The predicted octanol–water partition coefficient (Wildman–Crippen LogP) is 3.36. The highest BCUT2D eigenvalue weighted by molar-refractivity contribution is 5.33. The molecule has 0 unspecified atom stereocenters. The molecule has 28 heavy (non-hydrogen) atoms. The van der Waals surface area contributed by atoms with E-state index in [1.54, 1.807) is 0 Å². The van der Waals surface area contributed by atoms with E-state index in [-0.39, 0.29) is 0 Å². The zero-order valence-corrected chi connectivity index (χ0v) is 16.2. The van der Waals surface area contributed by atoms with Crippen LogP contribution in [0.3, 0.4) is 0 Å². The Morgan fingerprint density at radius 2 is 1.79 bits per heavy atom. The number of piperidine rings is 1. The normalized spacial score (nSPS) is 23.0. The molecule has 0 amide bonds. The molecule has 5 nitrogen and oxygen atoms in total. The topological polar surface area (TPSA) is 37.2 Å². The van der Waals surface area contributed by atoms with Crippen LogP contribution in [0.2, 0.25) is 0 Å². The molecule has 6 rings (SSSR count). The molecule has 0 saturated carbocycles. The first kappa shape index (κ1) is 17.6. The third-order valence-electron chi connectivity index (χ3n) is 6.11. The van der Waals surface area contributed by atoms with Gasteiger partial charge in [0, 0.05) is 57.4 Å². The van der Waals surface area contributed by atoms with E-state index >= 15 is 0 Å². The molecule has 1 aromatic carbocycles. The molecule has 3 fully saturated rings. The molecule has 2 bridgehead atoms. The number of rotatable bonds is 5. The van der Waals surface area contributed by atoms with Crippen molar-refractivity contribution < 1.29 is 0 Å². The Kier molecular flexibility index (Phi) is 4.93. The van der Waals surface area contributed by atoms with Gasteiger partial charge in [0.2, 0.25) is 0 Å². The number of hydrogen-bond donors (Lipinski definition) is 0. The fraction of sp³-hybridized carbons (Fsp3) is 0.391. The number of hydrogen-bond acceptors (Lipinski definition) is 4. The van der Waals surface area contributed by atoms with Gasteiger partial charge in [0.15, 0.2) is 0 Å². The molecule has 3 saturated heterocycles. The lowest BCUT2D eigenvalue weighted by atomic mass is 9.94. The van der Waals surface area contributed by atoms with Crippen molar-refractivity contribution in [1.82, 2.24) is 24.6 Å². The predicted molar refractivity (Wildman–Crippen MR) is 110 cm³/mol. The maximum Gasteiger partial charge on any atom is 0.0645 e. The highest BCUT2D eigenvalue weighted by atomic mass is 15.3. The van der Waals surface area contributed by atoms with Gasteiger partial charge in [-0.15, -0.1) is 0 Å². The van der Waals surface area contributed by atoms with Crippen molar-refractivity contribution in [2.75, 3.05) is 19.6 Å². The highest BCUT2D eigenvalue weighted by Gasteiger charge is 2.34. The van der Waals surface area contributed by atoms with Crippen LogP contribution in [0.4, 0.5) is 0 Å². The molecule has 2 aromatic heterocycles. The first-order valence-corrected chi connectivity index (χ1v) is 10.3. The standard InChI is InChI=1S/C23H27N5/c1-2-11-24-21(4-1)17-26-14-20-7-10-23(18-26)27(16-20)15-19-5-8-22(9-6-19)28-13-3-12-25-28/h1-6,8-9,11-13,20,23H,7,10,14-18H2/t20-,23+/m1/s1. The van der Waals surface area contributed by atoms with Crippen molar-refractivity contribution >= 4 is 0 Å². The third kappa shape index (κ3) is 3.86. The smallest absolute Gasteiger partial charge is 0.0645 e. The highest BCUT2D eigenvalue weighted by Crippen LogP contribution is 2.30. The van der Waals surface area contributed by atoms with Gasteiger partial charge in [0.1, 0.15) is 0 Å². The Balaban J connectivity index is 1.25. The van der Waals surface area contributed by atoms with Gasteiger partial charge in [-0.3, -0.25) is 14.8 Å². The van der Waals surface area contributed by atoms with Gasteiger partial charge in [0.25, 0.3) is 0 Å². The second-order valence-electron chi connectivity index (χ2n) is 8.16. The Morgan fingerprint density at radius 3 is 2.57 bits per heavy atom. The molecule has 3 aromatic rings. The quantitative estimate of drug-likeness (QED) is 0.687. The number of nitrogens with zero attached hydrogens (tertiary/aromatic N) is 5. The van der Waals surface area contributed by atoms with Crippen LogP contribution in [0.15, 0.2) is 67.1 Å². The lowest BCUT2D eigenvalue weighted by molar-refractivity contribution is 0.123. The minimum atomic E-state index is 0.647. The monoisotopic (exact) mass is 373 g/mol. The summed E-state index contributed by atoms with van der Waals surface area (Å²) in [6, 6.07) is 17.7. The van der Waals surface area contributed by atoms with E-state index < -0.39 is 0 Å². The van der Waals surface area contributed by atoms with Crippen LogP contribution in [0.5, 0.6) is 0 Å². The Bertz CT molecular complexity index is 875. The maximum absolute atomic E-state index is 4.53. The van der Waals surface area contributed by atoms with Gasteiger partial charge in [-0.2, -0.15) is 5.10 Å². The van der Waals surface area contributed by atoms with Crippen LogP contribution in [0, 0.1) is 5.92 Å². The van der Waals surface area contributed by atoms with Gasteiger partial charge < -0.3 is 0 Å². The summed E-state index contributed by atoms with van der Waals surface area (Å²) in [5.74, 6) is 0.769. The summed E-state index contributed by atoms with van der Waals surface area (Å²) in [4.78, 5) is 9.85. The number of fused-ring (bicyclic) bond motifs is 4. The summed E-state index contributed by atoms with van der Waals surface area (Å²) in [7, 11) is 0. The summed E-state index contributed by atoms with van der Waals surface area (Å²) in [5, 5.41) is 4.31. The van der Waals surface area contributed by atoms with Crippen LogP contribution < -0.4 is 0 Å². The van der Waals surface area contributed by atoms with Crippen LogP contribution in [0.25, 0.3) is 5.69 Å². The van der Waals surface area contributed by atoms with E-state index in [9.17, 15) is 0 Å². The molecule has 144 valence electrons. The van der Waals surface area contributed by atoms with E-state index in [0.29, 0.717) is 6.04 Å². The molecule has 3 aliphatic heterocycles. The largest absolute Gasteiger partial charge is 0.296 e. The molecule has 0 aliphatic carbocycles. The molecule has 3 aliphatic rings. The van der Waals surface area contributed by atoms with E-state index in [2.05, 4.69) is 56.3 Å². The van der Waals surface area contributed by atoms with Crippen molar-refractivity contribution in [3.63, 3.8) is 0 Å². The van der Waals surface area contributed by atoms with Crippen molar-refractivity contribution in [3.8, 4) is 5.69 Å². The maximum atomic E-state index is 4.53. The fourth-order valence-electron chi connectivity index (χ4n) is 4.73. The lowest BCUT2D eigenvalue weighted by Crippen LogP contribution is -2.43. The van der Waals surface area contributed by atoms with Crippen LogP contribution in [-0.4, -0.2) is 50.2 Å². The zero-order chi connectivity index (χ0) is 18.8. The Hall–Kier alpha value is -2.50. The van der Waals surface area contributed by atoms with E-state index in [1.807, 2.05) is 35.4 Å². The minimum Gasteiger partial charge on any atom is -0.296 e. The van der Waals surface area contributed by atoms with Crippen molar-refractivity contribution in [3.05, 3.63) is 78.4 Å². The average molecular weight is 374 g/mol. The molecule has 5 heteroatoms. The van der Waals surface area contributed by atoms with Crippen molar-refractivity contribution in [2.24, 2.45) is 5.92 Å². The average Bonchev–Trinajstić information content (AvgIpc) is 3.13. The molecule has 0 spiro atoms. The van der Waals surface area contributed by atoms with E-state index in [0.717, 1.165) is 31.2 Å². The minimum absolute atomic E-state index is 0.647. The second kappa shape index (κ2) is 7.86. The number of pyridine rings is 1. The van der Waals surface area contributed by atoms with Crippen LogP contribution >= 0.6 is 0 Å². The number of benzene rings is 1. The third-order valence-corrected chi connectivity index (χ3v) is 6.11. The first-order chi connectivity index (χ1) is 13.8. The fourth-order valence-corrected chi connectivity index (χ4v) is 4.73.